The minimum Gasteiger partial charge on any atom is -0.481 e. The molecular weight excluding hydrogens is 258 g/mol. The summed E-state index contributed by atoms with van der Waals surface area (Å²) >= 11 is 0. The zero-order valence-electron chi connectivity index (χ0n) is 12.2. The number of likely N-dealkylation sites (tertiary alicyclic amines) is 1. The van der Waals surface area contributed by atoms with Gasteiger partial charge in [-0.3, -0.25) is 9.59 Å². The summed E-state index contributed by atoms with van der Waals surface area (Å²) in [5, 5.41) is 8.73. The van der Waals surface area contributed by atoms with E-state index in [0.29, 0.717) is 31.4 Å². The third kappa shape index (κ3) is 4.78. The first-order chi connectivity index (χ1) is 9.56. The van der Waals surface area contributed by atoms with Crippen molar-refractivity contribution < 1.29 is 19.4 Å². The molecule has 5 heteroatoms. The number of piperidine rings is 1. The van der Waals surface area contributed by atoms with Crippen molar-refractivity contribution in [3.05, 3.63) is 0 Å². The second-order valence-corrected chi connectivity index (χ2v) is 6.14. The summed E-state index contributed by atoms with van der Waals surface area (Å²) in [7, 11) is 0. The molecule has 1 aliphatic heterocycles. The van der Waals surface area contributed by atoms with Crippen LogP contribution in [0.25, 0.3) is 0 Å². The van der Waals surface area contributed by atoms with Crippen molar-refractivity contribution in [2.24, 2.45) is 11.8 Å². The van der Waals surface area contributed by atoms with Gasteiger partial charge in [0.25, 0.3) is 5.91 Å². The predicted octanol–water partition coefficient (Wildman–Crippen LogP) is 1.90. The molecule has 1 aliphatic carbocycles. The van der Waals surface area contributed by atoms with Crippen LogP contribution < -0.4 is 0 Å². The molecule has 1 heterocycles. The van der Waals surface area contributed by atoms with Gasteiger partial charge in [0.2, 0.25) is 0 Å². The second-order valence-electron chi connectivity index (χ2n) is 6.14. The second kappa shape index (κ2) is 7.07. The summed E-state index contributed by atoms with van der Waals surface area (Å²) in [4.78, 5) is 24.8. The Morgan fingerprint density at radius 1 is 1.30 bits per heavy atom. The molecule has 0 aromatic rings. The number of rotatable bonds is 7. The number of ether oxygens (including phenoxy) is 1. The van der Waals surface area contributed by atoms with Crippen LogP contribution in [0, 0.1) is 11.8 Å². The highest BCUT2D eigenvalue weighted by atomic mass is 16.5. The van der Waals surface area contributed by atoms with E-state index in [-0.39, 0.29) is 18.4 Å². The number of amides is 1. The van der Waals surface area contributed by atoms with Gasteiger partial charge in [0, 0.05) is 19.5 Å². The lowest BCUT2D eigenvalue weighted by Gasteiger charge is -2.34. The molecule has 0 bridgehead atoms. The first-order valence-electron chi connectivity index (χ1n) is 7.68. The van der Waals surface area contributed by atoms with Crippen LogP contribution in [0.5, 0.6) is 0 Å². The van der Waals surface area contributed by atoms with Crippen LogP contribution in [0.3, 0.4) is 0 Å². The number of aliphatic carboxylic acids is 1. The lowest BCUT2D eigenvalue weighted by molar-refractivity contribution is -0.144. The maximum Gasteiger partial charge on any atom is 0.303 e. The topological polar surface area (TPSA) is 66.8 Å². The van der Waals surface area contributed by atoms with Crippen LogP contribution in [0.1, 0.15) is 45.4 Å². The average Bonchev–Trinajstić information content (AvgIpc) is 3.26. The van der Waals surface area contributed by atoms with Crippen molar-refractivity contribution in [3.63, 3.8) is 0 Å². The van der Waals surface area contributed by atoms with Gasteiger partial charge in [-0.15, -0.1) is 0 Å². The van der Waals surface area contributed by atoms with Gasteiger partial charge in [0.05, 0.1) is 6.61 Å². The fourth-order valence-electron chi connectivity index (χ4n) is 2.72. The van der Waals surface area contributed by atoms with Gasteiger partial charge in [-0.1, -0.05) is 0 Å². The van der Waals surface area contributed by atoms with Crippen molar-refractivity contribution in [1.29, 1.82) is 0 Å². The monoisotopic (exact) mass is 283 g/mol. The van der Waals surface area contributed by atoms with Crippen LogP contribution in [0.15, 0.2) is 0 Å². The predicted molar refractivity (Wildman–Crippen MR) is 74.3 cm³/mol. The minimum absolute atomic E-state index is 0.0608. The molecule has 1 amide bonds. The SMILES string of the molecule is CC(OCC1CC1)C(=O)N1CCCC(CCC(=O)O)C1. The maximum atomic E-state index is 12.3. The first-order valence-corrected chi connectivity index (χ1v) is 7.68. The van der Waals surface area contributed by atoms with Crippen LogP contribution in [-0.4, -0.2) is 47.7 Å². The number of carboxylic acids is 1. The minimum atomic E-state index is -0.755. The molecule has 20 heavy (non-hydrogen) atoms. The average molecular weight is 283 g/mol. The number of hydrogen-bond donors (Lipinski definition) is 1. The van der Waals surface area contributed by atoms with Crippen molar-refractivity contribution in [3.8, 4) is 0 Å². The van der Waals surface area contributed by atoms with Gasteiger partial charge in [-0.05, 0) is 50.9 Å². The molecular formula is C15H25NO4. The van der Waals surface area contributed by atoms with E-state index in [0.717, 1.165) is 19.4 Å². The smallest absolute Gasteiger partial charge is 0.303 e. The zero-order valence-corrected chi connectivity index (χ0v) is 12.2. The van der Waals surface area contributed by atoms with Gasteiger partial charge < -0.3 is 14.7 Å². The fraction of sp³-hybridized carbons (Fsp3) is 0.867. The number of hydrogen-bond acceptors (Lipinski definition) is 3. The van der Waals surface area contributed by atoms with E-state index in [1.807, 2.05) is 11.8 Å². The maximum absolute atomic E-state index is 12.3. The van der Waals surface area contributed by atoms with Crippen LogP contribution in [0.2, 0.25) is 0 Å². The fourth-order valence-corrected chi connectivity index (χ4v) is 2.72. The Morgan fingerprint density at radius 3 is 2.70 bits per heavy atom. The van der Waals surface area contributed by atoms with E-state index in [9.17, 15) is 9.59 Å². The lowest BCUT2D eigenvalue weighted by atomic mass is 9.93. The molecule has 1 saturated carbocycles. The Hall–Kier alpha value is -1.10. The standard InChI is InChI=1S/C15H25NO4/c1-11(20-10-13-4-5-13)15(19)16-8-2-3-12(9-16)6-7-14(17)18/h11-13H,2-10H2,1H3,(H,17,18). The summed E-state index contributed by atoms with van der Waals surface area (Å²) < 4.78 is 5.63. The molecule has 1 N–H and O–H groups in total. The molecule has 1 saturated heterocycles. The first kappa shape index (κ1) is 15.3. The summed E-state index contributed by atoms with van der Waals surface area (Å²) in [6.45, 7) is 3.98. The Balaban J connectivity index is 1.74. The lowest BCUT2D eigenvalue weighted by Crippen LogP contribution is -2.45. The molecule has 0 spiro atoms. The van der Waals surface area contributed by atoms with Gasteiger partial charge in [-0.2, -0.15) is 0 Å². The molecule has 2 unspecified atom stereocenters. The number of carbonyl (C=O) groups excluding carboxylic acids is 1. The molecule has 0 radical (unpaired) electrons. The van der Waals surface area contributed by atoms with Crippen molar-refractivity contribution >= 4 is 11.9 Å². The number of carbonyl (C=O) groups is 2. The van der Waals surface area contributed by atoms with E-state index in [4.69, 9.17) is 9.84 Å². The largest absolute Gasteiger partial charge is 0.481 e. The Morgan fingerprint density at radius 2 is 2.05 bits per heavy atom. The van der Waals surface area contributed by atoms with Crippen molar-refractivity contribution in [2.45, 2.75) is 51.6 Å². The molecule has 2 atom stereocenters. The van der Waals surface area contributed by atoms with Gasteiger partial charge in [-0.25, -0.2) is 0 Å². The normalized spacial score (nSPS) is 24.4. The summed E-state index contributed by atoms with van der Waals surface area (Å²) in [6.07, 6.45) is 4.93. The van der Waals surface area contributed by atoms with E-state index in [2.05, 4.69) is 0 Å². The summed E-state index contributed by atoms with van der Waals surface area (Å²) in [6, 6.07) is 0. The molecule has 0 aromatic carbocycles. The molecule has 2 aliphatic rings. The third-order valence-electron chi connectivity index (χ3n) is 4.22. The van der Waals surface area contributed by atoms with Gasteiger partial charge in [0.1, 0.15) is 6.10 Å². The summed E-state index contributed by atoms with van der Waals surface area (Å²) in [5.74, 6) is 0.287. The highest BCUT2D eigenvalue weighted by molar-refractivity contribution is 5.80. The van der Waals surface area contributed by atoms with E-state index in [1.165, 1.54) is 12.8 Å². The van der Waals surface area contributed by atoms with Gasteiger partial charge in [0.15, 0.2) is 0 Å². The summed E-state index contributed by atoms with van der Waals surface area (Å²) in [5.41, 5.74) is 0. The van der Waals surface area contributed by atoms with Crippen molar-refractivity contribution in [2.75, 3.05) is 19.7 Å². The number of carboxylic acid groups (broad SMARTS) is 1. The van der Waals surface area contributed by atoms with Crippen LogP contribution >= 0.6 is 0 Å². The Labute approximate surface area is 120 Å². The zero-order chi connectivity index (χ0) is 14.5. The number of nitrogens with zero attached hydrogens (tertiary/aromatic N) is 1. The van der Waals surface area contributed by atoms with E-state index >= 15 is 0 Å². The highest BCUT2D eigenvalue weighted by Gasteiger charge is 2.29. The molecule has 0 aromatic heterocycles. The molecule has 114 valence electrons. The van der Waals surface area contributed by atoms with Crippen LogP contribution in [0.4, 0.5) is 0 Å². The van der Waals surface area contributed by atoms with Crippen LogP contribution in [-0.2, 0) is 14.3 Å². The molecule has 2 rings (SSSR count). The van der Waals surface area contributed by atoms with Gasteiger partial charge >= 0.3 is 5.97 Å². The Kier molecular flexibility index (Phi) is 5.40. The quantitative estimate of drug-likeness (QED) is 0.775. The Bertz CT molecular complexity index is 354. The van der Waals surface area contributed by atoms with Crippen molar-refractivity contribution in [1.82, 2.24) is 4.90 Å². The van der Waals surface area contributed by atoms with E-state index < -0.39 is 5.97 Å². The molecule has 2 fully saturated rings. The highest BCUT2D eigenvalue weighted by Crippen LogP contribution is 2.29. The third-order valence-corrected chi connectivity index (χ3v) is 4.22. The van der Waals surface area contributed by atoms with E-state index in [1.54, 1.807) is 0 Å². The molecule has 5 nitrogen and oxygen atoms in total.